The van der Waals surface area contributed by atoms with Crippen LogP contribution in [0, 0.1) is 0 Å². The van der Waals surface area contributed by atoms with E-state index in [4.69, 9.17) is 9.15 Å². The molecule has 6 nitrogen and oxygen atoms in total. The highest BCUT2D eigenvalue weighted by Gasteiger charge is 2.59. The van der Waals surface area contributed by atoms with Gasteiger partial charge >= 0.3 is 0 Å². The zero-order valence-electron chi connectivity index (χ0n) is 16.4. The van der Waals surface area contributed by atoms with Gasteiger partial charge in [0.1, 0.15) is 5.75 Å². The van der Waals surface area contributed by atoms with Gasteiger partial charge in [-0.15, -0.1) is 11.8 Å². The minimum absolute atomic E-state index is 0.114. The van der Waals surface area contributed by atoms with Crippen LogP contribution in [-0.4, -0.2) is 36.1 Å². The van der Waals surface area contributed by atoms with E-state index in [2.05, 4.69) is 0 Å². The Morgan fingerprint density at radius 2 is 2.00 bits per heavy atom. The van der Waals surface area contributed by atoms with Gasteiger partial charge in [0.05, 0.1) is 25.6 Å². The number of carbonyl (C=O) groups is 2. The molecular formula is C23H20N2O4S. The lowest BCUT2D eigenvalue weighted by molar-refractivity contribution is -0.123. The standard InChI is InChI=1S/C23H20N2O4S/c1-28-17-9-10-19-18(14-17)23(22(27)24(19)15-16-6-3-2-4-7-16)25(11-13-30-23)21(26)20-8-5-12-29-20/h2-10,12,14H,11,13,15H2,1H3/t23-/m1/s1. The fraction of sp³-hybridized carbons (Fsp3) is 0.217. The van der Waals surface area contributed by atoms with Crippen LogP contribution in [0.15, 0.2) is 71.3 Å². The average molecular weight is 420 g/mol. The molecule has 2 aliphatic rings. The van der Waals surface area contributed by atoms with E-state index in [9.17, 15) is 9.59 Å². The SMILES string of the molecule is COc1ccc2c(c1)[C@@]1(SCCN1C(=O)c1ccco1)C(=O)N2Cc1ccccc1. The minimum atomic E-state index is -1.12. The maximum Gasteiger partial charge on any atom is 0.291 e. The Balaban J connectivity index is 1.63. The summed E-state index contributed by atoms with van der Waals surface area (Å²) in [6.07, 6.45) is 1.47. The summed E-state index contributed by atoms with van der Waals surface area (Å²) in [7, 11) is 1.60. The van der Waals surface area contributed by atoms with Gasteiger partial charge in [0.25, 0.3) is 11.8 Å². The molecule has 1 atom stereocenters. The Bertz CT molecular complexity index is 1100. The number of methoxy groups -OCH3 is 1. The van der Waals surface area contributed by atoms with E-state index in [-0.39, 0.29) is 17.6 Å². The molecule has 1 spiro atoms. The van der Waals surface area contributed by atoms with Crippen LogP contribution < -0.4 is 9.64 Å². The molecule has 30 heavy (non-hydrogen) atoms. The predicted molar refractivity (Wildman–Crippen MR) is 115 cm³/mol. The zero-order valence-corrected chi connectivity index (χ0v) is 17.2. The van der Waals surface area contributed by atoms with Gasteiger partial charge in [-0.05, 0) is 35.9 Å². The lowest BCUT2D eigenvalue weighted by Gasteiger charge is -2.32. The third-order valence-corrected chi connectivity index (χ3v) is 6.98. The topological polar surface area (TPSA) is 63.0 Å². The van der Waals surface area contributed by atoms with Gasteiger partial charge in [-0.1, -0.05) is 30.3 Å². The van der Waals surface area contributed by atoms with Gasteiger partial charge in [-0.25, -0.2) is 0 Å². The Labute approximate surface area is 178 Å². The second-order valence-corrected chi connectivity index (χ2v) is 8.47. The lowest BCUT2D eigenvalue weighted by atomic mass is 10.0. The third kappa shape index (κ3) is 2.73. The van der Waals surface area contributed by atoms with Crippen molar-refractivity contribution in [3.63, 3.8) is 0 Å². The number of fused-ring (bicyclic) bond motifs is 2. The molecule has 0 bridgehead atoms. The number of carbonyl (C=O) groups excluding carboxylic acids is 2. The maximum absolute atomic E-state index is 13.9. The van der Waals surface area contributed by atoms with Crippen LogP contribution in [0.3, 0.4) is 0 Å². The quantitative estimate of drug-likeness (QED) is 0.641. The zero-order chi connectivity index (χ0) is 20.7. The van der Waals surface area contributed by atoms with Crippen molar-refractivity contribution < 1.29 is 18.7 Å². The monoisotopic (exact) mass is 420 g/mol. The maximum atomic E-state index is 13.9. The van der Waals surface area contributed by atoms with Crippen molar-refractivity contribution in [3.8, 4) is 5.75 Å². The number of furan rings is 1. The van der Waals surface area contributed by atoms with E-state index in [1.54, 1.807) is 29.0 Å². The predicted octanol–water partition coefficient (Wildman–Crippen LogP) is 3.88. The fourth-order valence-corrected chi connectivity index (χ4v) is 5.63. The first-order valence-electron chi connectivity index (χ1n) is 9.69. The highest BCUT2D eigenvalue weighted by atomic mass is 32.2. The Hall–Kier alpha value is -3.19. The number of anilines is 1. The van der Waals surface area contributed by atoms with Crippen LogP contribution in [0.25, 0.3) is 0 Å². The number of amides is 2. The minimum Gasteiger partial charge on any atom is -0.497 e. The molecule has 2 aliphatic heterocycles. The Kier molecular flexibility index (Phi) is 4.55. The van der Waals surface area contributed by atoms with E-state index in [1.807, 2.05) is 48.5 Å². The molecule has 2 aromatic carbocycles. The van der Waals surface area contributed by atoms with Crippen molar-refractivity contribution in [2.24, 2.45) is 0 Å². The summed E-state index contributed by atoms with van der Waals surface area (Å²) in [6.45, 7) is 0.899. The highest BCUT2D eigenvalue weighted by molar-refractivity contribution is 8.01. The summed E-state index contributed by atoms with van der Waals surface area (Å²) in [5, 5.41) is 0. The highest BCUT2D eigenvalue weighted by Crippen LogP contribution is 2.55. The molecule has 0 N–H and O–H groups in total. The van der Waals surface area contributed by atoms with Crippen LogP contribution in [0.5, 0.6) is 5.75 Å². The second kappa shape index (κ2) is 7.25. The molecule has 1 fully saturated rings. The van der Waals surface area contributed by atoms with Crippen LogP contribution in [0.1, 0.15) is 21.7 Å². The first-order valence-corrected chi connectivity index (χ1v) is 10.7. The summed E-state index contributed by atoms with van der Waals surface area (Å²) in [5.74, 6) is 1.15. The molecule has 0 unspecified atom stereocenters. The van der Waals surface area contributed by atoms with Crippen LogP contribution in [-0.2, 0) is 16.2 Å². The molecule has 3 aromatic rings. The normalized spacial score (nSPS) is 20.1. The number of rotatable bonds is 4. The number of hydrogen-bond donors (Lipinski definition) is 0. The van der Waals surface area contributed by atoms with Gasteiger partial charge in [0, 0.05) is 17.9 Å². The largest absolute Gasteiger partial charge is 0.497 e. The number of ether oxygens (including phenoxy) is 1. The van der Waals surface area contributed by atoms with Gasteiger partial charge in [0.15, 0.2) is 10.6 Å². The van der Waals surface area contributed by atoms with Crippen molar-refractivity contribution in [3.05, 3.63) is 83.8 Å². The molecule has 2 amide bonds. The van der Waals surface area contributed by atoms with Gasteiger partial charge in [-0.2, -0.15) is 0 Å². The summed E-state index contributed by atoms with van der Waals surface area (Å²) < 4.78 is 10.8. The van der Waals surface area contributed by atoms with E-state index >= 15 is 0 Å². The molecule has 152 valence electrons. The van der Waals surface area contributed by atoms with E-state index in [1.165, 1.54) is 18.0 Å². The number of benzene rings is 2. The summed E-state index contributed by atoms with van der Waals surface area (Å²) in [6, 6.07) is 18.8. The number of nitrogens with zero attached hydrogens (tertiary/aromatic N) is 2. The summed E-state index contributed by atoms with van der Waals surface area (Å²) >= 11 is 1.49. The molecule has 0 radical (unpaired) electrons. The molecule has 1 aromatic heterocycles. The van der Waals surface area contributed by atoms with Crippen molar-refractivity contribution >= 4 is 29.3 Å². The molecule has 7 heteroatoms. The van der Waals surface area contributed by atoms with Crippen molar-refractivity contribution in [2.45, 2.75) is 11.4 Å². The smallest absolute Gasteiger partial charge is 0.291 e. The van der Waals surface area contributed by atoms with Crippen LogP contribution in [0.4, 0.5) is 5.69 Å². The van der Waals surface area contributed by atoms with Crippen molar-refractivity contribution in [1.82, 2.24) is 4.90 Å². The third-order valence-electron chi connectivity index (χ3n) is 5.56. The van der Waals surface area contributed by atoms with E-state index < -0.39 is 4.87 Å². The second-order valence-electron chi connectivity index (χ2n) is 7.19. The van der Waals surface area contributed by atoms with Crippen molar-refractivity contribution in [1.29, 1.82) is 0 Å². The first-order chi connectivity index (χ1) is 14.6. The first kappa shape index (κ1) is 18.8. The van der Waals surface area contributed by atoms with Crippen LogP contribution in [0.2, 0.25) is 0 Å². The molecule has 0 saturated carbocycles. The summed E-state index contributed by atoms with van der Waals surface area (Å²) in [4.78, 5) is 29.5. The van der Waals surface area contributed by atoms with E-state index in [0.717, 1.165) is 16.8 Å². The molecule has 3 heterocycles. The summed E-state index contributed by atoms with van der Waals surface area (Å²) in [5.41, 5.74) is 2.61. The molecule has 1 saturated heterocycles. The Morgan fingerprint density at radius 1 is 1.17 bits per heavy atom. The number of hydrogen-bond acceptors (Lipinski definition) is 5. The van der Waals surface area contributed by atoms with E-state index in [0.29, 0.717) is 24.6 Å². The van der Waals surface area contributed by atoms with Gasteiger partial charge in [-0.3, -0.25) is 9.59 Å². The molecular weight excluding hydrogens is 400 g/mol. The van der Waals surface area contributed by atoms with Crippen LogP contribution >= 0.6 is 11.8 Å². The Morgan fingerprint density at radius 3 is 2.73 bits per heavy atom. The average Bonchev–Trinajstić information content (AvgIpc) is 3.51. The molecule has 0 aliphatic carbocycles. The van der Waals surface area contributed by atoms with Crippen molar-refractivity contribution in [2.75, 3.05) is 24.3 Å². The van der Waals surface area contributed by atoms with Gasteiger partial charge in [0.2, 0.25) is 0 Å². The van der Waals surface area contributed by atoms with Gasteiger partial charge < -0.3 is 19.0 Å². The number of thioether (sulfide) groups is 1. The lowest BCUT2D eigenvalue weighted by Crippen LogP contribution is -2.50. The molecule has 5 rings (SSSR count). The fourth-order valence-electron chi connectivity index (χ4n) is 4.18.